The highest BCUT2D eigenvalue weighted by atomic mass is 32.2. The summed E-state index contributed by atoms with van der Waals surface area (Å²) in [7, 11) is -3.17. The zero-order valence-corrected chi connectivity index (χ0v) is 11.8. The topological polar surface area (TPSA) is 46.2 Å². The zero-order valence-electron chi connectivity index (χ0n) is 11.0. The van der Waals surface area contributed by atoms with Crippen molar-refractivity contribution in [1.29, 1.82) is 0 Å². The average molecular weight is 255 g/mol. The third-order valence-electron chi connectivity index (χ3n) is 2.71. The van der Waals surface area contributed by atoms with E-state index in [4.69, 9.17) is 0 Å². The lowest BCUT2D eigenvalue weighted by Gasteiger charge is -2.12. The molecule has 0 radical (unpaired) electrons. The maximum atomic E-state index is 12.2. The van der Waals surface area contributed by atoms with Crippen molar-refractivity contribution in [2.45, 2.75) is 32.6 Å². The van der Waals surface area contributed by atoms with Crippen LogP contribution in [0, 0.1) is 20.8 Å². The summed E-state index contributed by atoms with van der Waals surface area (Å²) >= 11 is 0. The quantitative estimate of drug-likeness (QED) is 0.819. The molecule has 0 amide bonds. The van der Waals surface area contributed by atoms with Gasteiger partial charge in [0.25, 0.3) is 0 Å². The number of nitrogens with one attached hydrogen (secondary N) is 1. The van der Waals surface area contributed by atoms with E-state index < -0.39 is 9.84 Å². The molecule has 0 saturated carbocycles. The van der Waals surface area contributed by atoms with Crippen LogP contribution in [-0.2, 0) is 9.84 Å². The first-order valence-corrected chi connectivity index (χ1v) is 7.55. The lowest BCUT2D eigenvalue weighted by atomic mass is 10.1. The van der Waals surface area contributed by atoms with Crippen LogP contribution in [0.25, 0.3) is 0 Å². The standard InChI is InChI=1S/C13H21NO2S/c1-5-14-6-7-17(15,16)13-11(3)8-10(2)9-12(13)4/h8-9,14H,5-7H2,1-4H3. The summed E-state index contributed by atoms with van der Waals surface area (Å²) in [6, 6.07) is 3.85. The van der Waals surface area contributed by atoms with Crippen molar-refractivity contribution >= 4 is 9.84 Å². The molecule has 0 saturated heterocycles. The Morgan fingerprint density at radius 2 is 1.65 bits per heavy atom. The Kier molecular flexibility index (Phi) is 4.71. The van der Waals surface area contributed by atoms with Gasteiger partial charge in [0.2, 0.25) is 0 Å². The minimum absolute atomic E-state index is 0.158. The number of benzene rings is 1. The molecule has 0 unspecified atom stereocenters. The second-order valence-electron chi connectivity index (χ2n) is 4.40. The van der Waals surface area contributed by atoms with Crippen molar-refractivity contribution in [2.24, 2.45) is 0 Å². The minimum atomic E-state index is -3.17. The molecule has 96 valence electrons. The molecule has 0 atom stereocenters. The molecule has 0 aliphatic heterocycles. The Bertz CT molecular complexity index is 469. The van der Waals surface area contributed by atoms with Crippen molar-refractivity contribution in [1.82, 2.24) is 5.32 Å². The van der Waals surface area contributed by atoms with E-state index in [9.17, 15) is 8.42 Å². The second-order valence-corrected chi connectivity index (χ2v) is 6.45. The number of sulfone groups is 1. The van der Waals surface area contributed by atoms with Gasteiger partial charge < -0.3 is 5.32 Å². The van der Waals surface area contributed by atoms with Gasteiger partial charge in [0.1, 0.15) is 0 Å². The maximum absolute atomic E-state index is 12.2. The minimum Gasteiger partial charge on any atom is -0.316 e. The Hall–Kier alpha value is -0.870. The molecule has 1 aromatic carbocycles. The monoisotopic (exact) mass is 255 g/mol. The number of aryl methyl sites for hydroxylation is 3. The van der Waals surface area contributed by atoms with Crippen LogP contribution in [-0.4, -0.2) is 27.3 Å². The van der Waals surface area contributed by atoms with Gasteiger partial charge in [-0.25, -0.2) is 8.42 Å². The number of hydrogen-bond acceptors (Lipinski definition) is 3. The third kappa shape index (κ3) is 3.54. The van der Waals surface area contributed by atoms with Gasteiger partial charge in [-0.2, -0.15) is 0 Å². The van der Waals surface area contributed by atoms with Crippen molar-refractivity contribution in [3.63, 3.8) is 0 Å². The molecule has 3 nitrogen and oxygen atoms in total. The van der Waals surface area contributed by atoms with E-state index in [1.807, 2.05) is 39.8 Å². The van der Waals surface area contributed by atoms with Crippen molar-refractivity contribution in [3.05, 3.63) is 28.8 Å². The molecule has 1 N–H and O–H groups in total. The molecular weight excluding hydrogens is 234 g/mol. The molecule has 0 spiro atoms. The van der Waals surface area contributed by atoms with Gasteiger partial charge in [-0.3, -0.25) is 0 Å². The Morgan fingerprint density at radius 3 is 2.12 bits per heavy atom. The van der Waals surface area contributed by atoms with Crippen LogP contribution in [0.4, 0.5) is 0 Å². The van der Waals surface area contributed by atoms with Crippen LogP contribution in [0.5, 0.6) is 0 Å². The molecule has 1 aromatic rings. The lowest BCUT2D eigenvalue weighted by Crippen LogP contribution is -2.23. The first-order chi connectivity index (χ1) is 7.88. The molecule has 0 aliphatic carbocycles. The second kappa shape index (κ2) is 5.65. The maximum Gasteiger partial charge on any atom is 0.180 e. The lowest BCUT2D eigenvalue weighted by molar-refractivity contribution is 0.590. The Balaban J connectivity index is 3.07. The predicted octanol–water partition coefficient (Wildman–Crippen LogP) is 2.00. The number of rotatable bonds is 5. The van der Waals surface area contributed by atoms with Gasteiger partial charge >= 0.3 is 0 Å². The van der Waals surface area contributed by atoms with Gasteiger partial charge in [0.15, 0.2) is 9.84 Å². The average Bonchev–Trinajstić information content (AvgIpc) is 2.15. The number of hydrogen-bond donors (Lipinski definition) is 1. The SMILES string of the molecule is CCNCCS(=O)(=O)c1c(C)cc(C)cc1C. The molecule has 4 heteroatoms. The Labute approximate surface area is 104 Å². The fourth-order valence-corrected chi connectivity index (χ4v) is 3.86. The van der Waals surface area contributed by atoms with Crippen LogP contribution in [0.15, 0.2) is 17.0 Å². The van der Waals surface area contributed by atoms with Gasteiger partial charge in [-0.1, -0.05) is 24.6 Å². The summed E-state index contributed by atoms with van der Waals surface area (Å²) in [5.41, 5.74) is 2.80. The summed E-state index contributed by atoms with van der Waals surface area (Å²) in [6.45, 7) is 8.97. The van der Waals surface area contributed by atoms with Crippen LogP contribution < -0.4 is 5.32 Å². The third-order valence-corrected chi connectivity index (χ3v) is 4.72. The van der Waals surface area contributed by atoms with Crippen LogP contribution in [0.2, 0.25) is 0 Å². The smallest absolute Gasteiger partial charge is 0.180 e. The summed E-state index contributed by atoms with van der Waals surface area (Å²) in [6.07, 6.45) is 0. The summed E-state index contributed by atoms with van der Waals surface area (Å²) in [5.74, 6) is 0.158. The van der Waals surface area contributed by atoms with Crippen molar-refractivity contribution in [2.75, 3.05) is 18.8 Å². The highest BCUT2D eigenvalue weighted by Crippen LogP contribution is 2.22. The fraction of sp³-hybridized carbons (Fsp3) is 0.538. The molecule has 1 rings (SSSR count). The molecule has 0 bridgehead atoms. The van der Waals surface area contributed by atoms with Crippen LogP contribution in [0.3, 0.4) is 0 Å². The van der Waals surface area contributed by atoms with Gasteiger partial charge in [0.05, 0.1) is 10.6 Å². The molecule has 17 heavy (non-hydrogen) atoms. The van der Waals surface area contributed by atoms with Crippen molar-refractivity contribution < 1.29 is 8.42 Å². The highest BCUT2D eigenvalue weighted by Gasteiger charge is 2.19. The van der Waals surface area contributed by atoms with E-state index in [0.29, 0.717) is 11.4 Å². The van der Waals surface area contributed by atoms with Gasteiger partial charge in [-0.05, 0) is 38.4 Å². The van der Waals surface area contributed by atoms with E-state index in [1.165, 1.54) is 0 Å². The van der Waals surface area contributed by atoms with E-state index in [2.05, 4.69) is 5.32 Å². The summed E-state index contributed by atoms with van der Waals surface area (Å²) in [5, 5.41) is 3.05. The molecule has 0 aromatic heterocycles. The summed E-state index contributed by atoms with van der Waals surface area (Å²) in [4.78, 5) is 0.501. The van der Waals surface area contributed by atoms with Gasteiger partial charge in [-0.15, -0.1) is 0 Å². The predicted molar refractivity (Wildman–Crippen MR) is 71.2 cm³/mol. The Morgan fingerprint density at radius 1 is 1.12 bits per heavy atom. The van der Waals surface area contributed by atoms with Crippen LogP contribution >= 0.6 is 0 Å². The highest BCUT2D eigenvalue weighted by molar-refractivity contribution is 7.91. The normalized spacial score (nSPS) is 11.8. The molecule has 0 heterocycles. The van der Waals surface area contributed by atoms with Crippen molar-refractivity contribution in [3.8, 4) is 0 Å². The fourth-order valence-electron chi connectivity index (χ4n) is 2.14. The van der Waals surface area contributed by atoms with E-state index >= 15 is 0 Å². The van der Waals surface area contributed by atoms with E-state index in [0.717, 1.165) is 23.2 Å². The molecule has 0 aliphatic rings. The largest absolute Gasteiger partial charge is 0.316 e. The molecular formula is C13H21NO2S. The van der Waals surface area contributed by atoms with Crippen LogP contribution in [0.1, 0.15) is 23.6 Å². The van der Waals surface area contributed by atoms with E-state index in [-0.39, 0.29) is 5.75 Å². The molecule has 0 fully saturated rings. The first kappa shape index (κ1) is 14.2. The summed E-state index contributed by atoms with van der Waals surface area (Å²) < 4.78 is 24.4. The van der Waals surface area contributed by atoms with Gasteiger partial charge in [0, 0.05) is 6.54 Å². The first-order valence-electron chi connectivity index (χ1n) is 5.90. The van der Waals surface area contributed by atoms with E-state index in [1.54, 1.807) is 0 Å². The zero-order chi connectivity index (χ0) is 13.1.